The molecule has 0 saturated carbocycles. The Morgan fingerprint density at radius 3 is 2.70 bits per heavy atom. The van der Waals surface area contributed by atoms with Crippen LogP contribution in [0.1, 0.15) is 25.6 Å². The van der Waals surface area contributed by atoms with Crippen molar-refractivity contribution in [3.05, 3.63) is 49.9 Å². The molecule has 162 valence electrons. The van der Waals surface area contributed by atoms with Gasteiger partial charge in [-0.1, -0.05) is 30.7 Å². The van der Waals surface area contributed by atoms with Gasteiger partial charge in [0.1, 0.15) is 5.82 Å². The summed E-state index contributed by atoms with van der Waals surface area (Å²) in [6, 6.07) is 0. The normalized spacial score (nSPS) is 25.1. The van der Waals surface area contributed by atoms with E-state index in [1.54, 1.807) is 7.05 Å². The Bertz CT molecular complexity index is 1140. The van der Waals surface area contributed by atoms with Crippen LogP contribution in [-0.2, 0) is 27.2 Å². The smallest absolute Gasteiger partial charge is 0.320 e. The first kappa shape index (κ1) is 21.4. The molecular weight excluding hydrogens is 425 g/mol. The molecular formula is C21H27Cl2N5O2. The van der Waals surface area contributed by atoms with Crippen molar-refractivity contribution in [1.29, 1.82) is 0 Å². The molecule has 30 heavy (non-hydrogen) atoms. The number of allylic oxidation sites excluding steroid dienone is 4. The van der Waals surface area contributed by atoms with Gasteiger partial charge in [-0.15, -0.1) is 11.6 Å². The molecule has 1 fully saturated rings. The number of halogens is 2. The molecule has 7 nitrogen and oxygen atoms in total. The molecule has 0 N–H and O–H groups in total. The van der Waals surface area contributed by atoms with Crippen molar-refractivity contribution in [1.82, 2.24) is 23.6 Å². The summed E-state index contributed by atoms with van der Waals surface area (Å²) >= 11 is 13.0. The quantitative estimate of drug-likeness (QED) is 0.669. The largest absolute Gasteiger partial charge is 0.332 e. The van der Waals surface area contributed by atoms with E-state index in [9.17, 15) is 9.59 Å². The minimum Gasteiger partial charge on any atom is -0.320 e. The van der Waals surface area contributed by atoms with E-state index in [1.807, 2.05) is 22.8 Å². The molecule has 1 aliphatic heterocycles. The number of aromatic nitrogens is 4. The van der Waals surface area contributed by atoms with Crippen LogP contribution < -0.4 is 11.2 Å². The Labute approximate surface area is 185 Å². The third kappa shape index (κ3) is 3.79. The number of nitrogens with zero attached hydrogens (tertiary/aromatic N) is 5. The molecule has 0 bridgehead atoms. The molecule has 0 amide bonds. The molecule has 0 aromatic carbocycles. The maximum atomic E-state index is 13.1. The summed E-state index contributed by atoms with van der Waals surface area (Å²) in [5, 5.41) is 0.373. The van der Waals surface area contributed by atoms with Crippen molar-refractivity contribution in [2.45, 2.75) is 38.2 Å². The SMILES string of the molecule is C[C@@H]1CCCN(Cc2nc3c(c(=O)n(C)c(=O)n3C)n2C[C@H]2C(Cl)=CC=C[C@@H]2Cl)C1. The number of aryl methyl sites for hydroxylation is 1. The van der Waals surface area contributed by atoms with Crippen LogP contribution in [-0.4, -0.2) is 42.1 Å². The van der Waals surface area contributed by atoms with Crippen LogP contribution in [0.25, 0.3) is 11.2 Å². The maximum absolute atomic E-state index is 13.1. The van der Waals surface area contributed by atoms with Crippen molar-refractivity contribution >= 4 is 34.4 Å². The van der Waals surface area contributed by atoms with Gasteiger partial charge in [0.15, 0.2) is 11.2 Å². The Morgan fingerprint density at radius 1 is 1.23 bits per heavy atom. The van der Waals surface area contributed by atoms with E-state index in [1.165, 1.54) is 18.0 Å². The predicted molar refractivity (Wildman–Crippen MR) is 120 cm³/mol. The lowest BCUT2D eigenvalue weighted by atomic mass is 9.99. The summed E-state index contributed by atoms with van der Waals surface area (Å²) in [6.45, 7) is 5.29. The topological polar surface area (TPSA) is 65.1 Å². The van der Waals surface area contributed by atoms with Crippen molar-refractivity contribution < 1.29 is 0 Å². The molecule has 9 heteroatoms. The third-order valence-corrected chi connectivity index (χ3v) is 7.06. The molecule has 3 heterocycles. The van der Waals surface area contributed by atoms with Crippen LogP contribution in [0.15, 0.2) is 32.8 Å². The fourth-order valence-corrected chi connectivity index (χ4v) is 5.13. The summed E-state index contributed by atoms with van der Waals surface area (Å²) in [5.41, 5.74) is 0.0868. The number of rotatable bonds is 4. The van der Waals surface area contributed by atoms with E-state index in [0.717, 1.165) is 29.9 Å². The fraction of sp³-hybridized carbons (Fsp3) is 0.571. The number of likely N-dealkylation sites (tertiary alicyclic amines) is 1. The Kier molecular flexibility index (Phi) is 5.97. The average molecular weight is 452 g/mol. The molecule has 3 atom stereocenters. The summed E-state index contributed by atoms with van der Waals surface area (Å²) in [6.07, 6.45) is 7.96. The van der Waals surface area contributed by atoms with Gasteiger partial charge >= 0.3 is 5.69 Å². The lowest BCUT2D eigenvalue weighted by molar-refractivity contribution is 0.171. The number of hydrogen-bond donors (Lipinski definition) is 0. The van der Waals surface area contributed by atoms with Crippen LogP contribution in [0.5, 0.6) is 0 Å². The molecule has 1 saturated heterocycles. The molecule has 0 radical (unpaired) electrons. The van der Waals surface area contributed by atoms with Gasteiger partial charge in [-0.2, -0.15) is 0 Å². The summed E-state index contributed by atoms with van der Waals surface area (Å²) in [5.74, 6) is 1.22. The van der Waals surface area contributed by atoms with E-state index in [4.69, 9.17) is 28.2 Å². The van der Waals surface area contributed by atoms with Gasteiger partial charge in [0.05, 0.1) is 11.9 Å². The van der Waals surface area contributed by atoms with Crippen LogP contribution in [0.2, 0.25) is 0 Å². The highest BCUT2D eigenvalue weighted by Crippen LogP contribution is 2.31. The highest BCUT2D eigenvalue weighted by atomic mass is 35.5. The molecule has 0 unspecified atom stereocenters. The Morgan fingerprint density at radius 2 is 2.00 bits per heavy atom. The number of piperidine rings is 1. The molecule has 2 aliphatic rings. The van der Waals surface area contributed by atoms with E-state index in [-0.39, 0.29) is 22.5 Å². The zero-order chi connectivity index (χ0) is 21.6. The van der Waals surface area contributed by atoms with Gasteiger partial charge in [-0.25, -0.2) is 9.78 Å². The first-order valence-electron chi connectivity index (χ1n) is 10.3. The van der Waals surface area contributed by atoms with Gasteiger partial charge in [-0.05, 0) is 31.4 Å². The van der Waals surface area contributed by atoms with Crippen LogP contribution in [0.3, 0.4) is 0 Å². The van der Waals surface area contributed by atoms with Crippen molar-refractivity contribution in [3.63, 3.8) is 0 Å². The second-order valence-electron chi connectivity index (χ2n) is 8.49. The van der Waals surface area contributed by atoms with Crippen LogP contribution in [0, 0.1) is 11.8 Å². The maximum Gasteiger partial charge on any atom is 0.332 e. The number of imidazole rings is 1. The summed E-state index contributed by atoms with van der Waals surface area (Å²) in [4.78, 5) is 32.6. The van der Waals surface area contributed by atoms with Crippen molar-refractivity contribution in [2.75, 3.05) is 13.1 Å². The van der Waals surface area contributed by atoms with Crippen molar-refractivity contribution in [2.24, 2.45) is 25.9 Å². The van der Waals surface area contributed by atoms with Crippen molar-refractivity contribution in [3.8, 4) is 0 Å². The zero-order valence-electron chi connectivity index (χ0n) is 17.5. The van der Waals surface area contributed by atoms with Gasteiger partial charge in [0.2, 0.25) is 0 Å². The molecule has 4 rings (SSSR count). The molecule has 2 aromatic heterocycles. The molecule has 0 spiro atoms. The first-order valence-corrected chi connectivity index (χ1v) is 11.1. The summed E-state index contributed by atoms with van der Waals surface area (Å²) < 4.78 is 4.49. The van der Waals surface area contributed by atoms with Crippen LogP contribution >= 0.6 is 23.2 Å². The first-order chi connectivity index (χ1) is 14.3. The van der Waals surface area contributed by atoms with Gasteiger partial charge < -0.3 is 4.57 Å². The van der Waals surface area contributed by atoms with Crippen LogP contribution in [0.4, 0.5) is 0 Å². The lowest BCUT2D eigenvalue weighted by Crippen LogP contribution is -2.38. The lowest BCUT2D eigenvalue weighted by Gasteiger charge is -2.31. The number of hydrogen-bond acceptors (Lipinski definition) is 4. The second-order valence-corrected chi connectivity index (χ2v) is 9.43. The Balaban J connectivity index is 1.84. The monoisotopic (exact) mass is 451 g/mol. The molecule has 2 aromatic rings. The predicted octanol–water partition coefficient (Wildman–Crippen LogP) is 2.58. The van der Waals surface area contributed by atoms with E-state index in [0.29, 0.717) is 35.2 Å². The average Bonchev–Trinajstić information content (AvgIpc) is 3.05. The summed E-state index contributed by atoms with van der Waals surface area (Å²) in [7, 11) is 3.14. The minimum atomic E-state index is -0.385. The van der Waals surface area contributed by atoms with Gasteiger partial charge in [-0.3, -0.25) is 18.8 Å². The fourth-order valence-electron chi connectivity index (χ4n) is 4.49. The van der Waals surface area contributed by atoms with Gasteiger partial charge in [0.25, 0.3) is 5.56 Å². The second kappa shape index (κ2) is 8.36. The third-order valence-electron chi connectivity index (χ3n) is 6.20. The number of alkyl halides is 1. The molecule has 1 aliphatic carbocycles. The minimum absolute atomic E-state index is 0.170. The highest BCUT2D eigenvalue weighted by Gasteiger charge is 2.28. The standard InChI is InChI=1S/C21H27Cl2N5O2/c1-13-6-5-9-27(10-13)12-17-24-19-18(20(29)26(3)21(30)25(19)2)28(17)11-14-15(22)7-4-8-16(14)23/h4,7-8,13-15H,5-6,9-12H2,1-3H3/t13-,14-,15+/m1/s1. The van der Waals surface area contributed by atoms with E-state index >= 15 is 0 Å². The number of fused-ring (bicyclic) bond motifs is 1. The highest BCUT2D eigenvalue weighted by molar-refractivity contribution is 6.31. The Hall–Kier alpha value is -1.83. The van der Waals surface area contributed by atoms with E-state index in [2.05, 4.69) is 11.8 Å². The van der Waals surface area contributed by atoms with Gasteiger partial charge in [0, 0.05) is 38.1 Å². The zero-order valence-corrected chi connectivity index (χ0v) is 19.0. The van der Waals surface area contributed by atoms with E-state index < -0.39 is 0 Å².